The molecule has 0 radical (unpaired) electrons. The number of rotatable bonds is 2. The first-order chi connectivity index (χ1) is 8.31. The van der Waals surface area contributed by atoms with E-state index in [4.69, 9.17) is 10.3 Å². The van der Waals surface area contributed by atoms with E-state index in [1.807, 2.05) is 6.92 Å². The van der Waals surface area contributed by atoms with Gasteiger partial charge in [-0.2, -0.15) is 4.98 Å². The molecule has 6 nitrogen and oxygen atoms in total. The normalized spacial score (nSPS) is 20.4. The summed E-state index contributed by atoms with van der Waals surface area (Å²) in [5.41, 5.74) is 7.18. The summed E-state index contributed by atoms with van der Waals surface area (Å²) in [4.78, 5) is 10.7. The van der Waals surface area contributed by atoms with Crippen molar-refractivity contribution >= 4 is 16.9 Å². The van der Waals surface area contributed by atoms with Crippen LogP contribution in [0.3, 0.4) is 0 Å². The molecular weight excluding hydrogens is 218 g/mol. The van der Waals surface area contributed by atoms with Gasteiger partial charge in [0.25, 0.3) is 5.71 Å². The summed E-state index contributed by atoms with van der Waals surface area (Å²) in [6.07, 6.45) is 3.79. The van der Waals surface area contributed by atoms with E-state index >= 15 is 0 Å². The lowest BCUT2D eigenvalue weighted by Crippen LogP contribution is -2.36. The fourth-order valence-electron chi connectivity index (χ4n) is 2.48. The van der Waals surface area contributed by atoms with Crippen LogP contribution in [0.15, 0.2) is 10.9 Å². The second kappa shape index (κ2) is 3.96. The van der Waals surface area contributed by atoms with Gasteiger partial charge >= 0.3 is 0 Å². The zero-order chi connectivity index (χ0) is 11.8. The molecular formula is C11H15N5O. The Hall–Kier alpha value is -1.69. The first-order valence-electron chi connectivity index (χ1n) is 5.85. The predicted octanol–water partition coefficient (Wildman–Crippen LogP) is 0.854. The van der Waals surface area contributed by atoms with Gasteiger partial charge in [-0.1, -0.05) is 5.16 Å². The molecule has 2 aromatic rings. The van der Waals surface area contributed by atoms with Crippen molar-refractivity contribution in [2.45, 2.75) is 25.8 Å². The Bertz CT molecular complexity index is 538. The molecule has 0 spiro atoms. The molecule has 1 saturated heterocycles. The molecule has 6 heteroatoms. The molecule has 1 aliphatic rings. The van der Waals surface area contributed by atoms with Crippen LogP contribution in [0.25, 0.3) is 11.1 Å². The lowest BCUT2D eigenvalue weighted by atomic mass is 10.2. The van der Waals surface area contributed by atoms with E-state index in [1.54, 1.807) is 0 Å². The third-order valence-corrected chi connectivity index (χ3v) is 3.34. The molecule has 1 atom stereocenters. The van der Waals surface area contributed by atoms with Crippen LogP contribution in [0.2, 0.25) is 0 Å². The molecule has 2 aromatic heterocycles. The van der Waals surface area contributed by atoms with Crippen LogP contribution >= 0.6 is 0 Å². The third kappa shape index (κ3) is 1.56. The quantitative estimate of drug-likeness (QED) is 0.828. The zero-order valence-electron chi connectivity index (χ0n) is 9.76. The molecule has 0 saturated carbocycles. The molecule has 2 N–H and O–H groups in total. The maximum absolute atomic E-state index is 5.79. The van der Waals surface area contributed by atoms with E-state index in [0.29, 0.717) is 18.3 Å². The molecule has 0 aromatic carbocycles. The summed E-state index contributed by atoms with van der Waals surface area (Å²) in [5.74, 6) is 0.904. The van der Waals surface area contributed by atoms with Gasteiger partial charge in [0.1, 0.15) is 17.5 Å². The molecule has 1 aliphatic heterocycles. The van der Waals surface area contributed by atoms with Gasteiger partial charge in [-0.15, -0.1) is 0 Å². The number of nitrogens with zero attached hydrogens (tertiary/aromatic N) is 4. The second-order valence-corrected chi connectivity index (χ2v) is 4.37. The smallest absolute Gasteiger partial charge is 0.263 e. The standard InChI is InChI=1S/C11H15N5O/c1-7-9-10(13-6-14-11(9)17-15-7)16-4-2-3-8(16)5-12/h6,8H,2-5,12H2,1H3. The minimum Gasteiger partial charge on any atom is -0.352 e. The fourth-order valence-corrected chi connectivity index (χ4v) is 2.48. The number of aromatic nitrogens is 3. The van der Waals surface area contributed by atoms with Crippen LogP contribution in [0.4, 0.5) is 5.82 Å². The van der Waals surface area contributed by atoms with E-state index in [1.165, 1.54) is 6.33 Å². The fraction of sp³-hybridized carbons (Fsp3) is 0.545. The maximum Gasteiger partial charge on any atom is 0.263 e. The average Bonchev–Trinajstić information content (AvgIpc) is 2.96. The molecule has 3 heterocycles. The van der Waals surface area contributed by atoms with Crippen LogP contribution in [-0.4, -0.2) is 34.3 Å². The van der Waals surface area contributed by atoms with Crippen molar-refractivity contribution in [1.82, 2.24) is 15.1 Å². The first-order valence-corrected chi connectivity index (χ1v) is 5.85. The number of nitrogens with two attached hydrogens (primary N) is 1. The van der Waals surface area contributed by atoms with Crippen molar-refractivity contribution in [1.29, 1.82) is 0 Å². The third-order valence-electron chi connectivity index (χ3n) is 3.34. The average molecular weight is 233 g/mol. The summed E-state index contributed by atoms with van der Waals surface area (Å²) in [5, 5.41) is 4.85. The highest BCUT2D eigenvalue weighted by Gasteiger charge is 2.27. The van der Waals surface area contributed by atoms with Gasteiger partial charge < -0.3 is 15.2 Å². The lowest BCUT2D eigenvalue weighted by Gasteiger charge is -2.24. The Morgan fingerprint density at radius 2 is 2.41 bits per heavy atom. The second-order valence-electron chi connectivity index (χ2n) is 4.37. The van der Waals surface area contributed by atoms with Gasteiger partial charge in [0.05, 0.1) is 5.69 Å². The molecule has 3 rings (SSSR count). The summed E-state index contributed by atoms with van der Waals surface area (Å²) >= 11 is 0. The van der Waals surface area contributed by atoms with Crippen molar-refractivity contribution in [3.63, 3.8) is 0 Å². The Labute approximate surface area is 98.8 Å². The van der Waals surface area contributed by atoms with Gasteiger partial charge in [-0.3, -0.25) is 0 Å². The van der Waals surface area contributed by atoms with Crippen molar-refractivity contribution in [3.8, 4) is 0 Å². The van der Waals surface area contributed by atoms with Crippen LogP contribution in [-0.2, 0) is 0 Å². The van der Waals surface area contributed by atoms with Gasteiger partial charge in [-0.25, -0.2) is 4.98 Å². The van der Waals surface area contributed by atoms with E-state index in [0.717, 1.165) is 36.3 Å². The minimum atomic E-state index is 0.363. The van der Waals surface area contributed by atoms with Crippen LogP contribution in [0.1, 0.15) is 18.5 Å². The summed E-state index contributed by atoms with van der Waals surface area (Å²) in [6, 6.07) is 0.363. The topological polar surface area (TPSA) is 81.1 Å². The Morgan fingerprint density at radius 1 is 1.53 bits per heavy atom. The number of anilines is 1. The summed E-state index contributed by atoms with van der Waals surface area (Å²) in [6.45, 7) is 3.54. The molecule has 17 heavy (non-hydrogen) atoms. The van der Waals surface area contributed by atoms with Crippen molar-refractivity contribution in [3.05, 3.63) is 12.0 Å². The maximum atomic E-state index is 5.79. The van der Waals surface area contributed by atoms with Gasteiger partial charge in [0, 0.05) is 19.1 Å². The van der Waals surface area contributed by atoms with Crippen molar-refractivity contribution < 1.29 is 4.52 Å². The number of aryl methyl sites for hydroxylation is 1. The summed E-state index contributed by atoms with van der Waals surface area (Å²) in [7, 11) is 0. The lowest BCUT2D eigenvalue weighted by molar-refractivity contribution is 0.442. The minimum absolute atomic E-state index is 0.363. The number of hydrogen-bond acceptors (Lipinski definition) is 6. The van der Waals surface area contributed by atoms with E-state index in [9.17, 15) is 0 Å². The molecule has 0 aliphatic carbocycles. The predicted molar refractivity (Wildman–Crippen MR) is 63.8 cm³/mol. The molecule has 0 amide bonds. The van der Waals surface area contributed by atoms with E-state index in [-0.39, 0.29) is 0 Å². The van der Waals surface area contributed by atoms with Gasteiger partial charge in [-0.05, 0) is 19.8 Å². The largest absolute Gasteiger partial charge is 0.352 e. The Kier molecular flexibility index (Phi) is 2.44. The Morgan fingerprint density at radius 3 is 3.24 bits per heavy atom. The number of hydrogen-bond donors (Lipinski definition) is 1. The highest BCUT2D eigenvalue weighted by atomic mass is 16.5. The van der Waals surface area contributed by atoms with Gasteiger partial charge in [0.15, 0.2) is 0 Å². The molecule has 90 valence electrons. The van der Waals surface area contributed by atoms with Crippen molar-refractivity contribution in [2.75, 3.05) is 18.0 Å². The number of fused-ring (bicyclic) bond motifs is 1. The first kappa shape index (κ1) is 10.5. The van der Waals surface area contributed by atoms with Crippen LogP contribution in [0.5, 0.6) is 0 Å². The molecule has 1 fully saturated rings. The monoisotopic (exact) mass is 233 g/mol. The molecule has 0 bridgehead atoms. The Balaban J connectivity index is 2.13. The SMILES string of the molecule is Cc1noc2ncnc(N3CCCC3CN)c12. The van der Waals surface area contributed by atoms with Gasteiger partial charge in [0.2, 0.25) is 0 Å². The highest BCUT2D eigenvalue weighted by molar-refractivity contribution is 5.88. The zero-order valence-corrected chi connectivity index (χ0v) is 9.76. The molecule has 1 unspecified atom stereocenters. The van der Waals surface area contributed by atoms with Crippen LogP contribution < -0.4 is 10.6 Å². The highest BCUT2D eigenvalue weighted by Crippen LogP contribution is 2.30. The summed E-state index contributed by atoms with van der Waals surface area (Å²) < 4.78 is 5.16. The van der Waals surface area contributed by atoms with E-state index < -0.39 is 0 Å². The van der Waals surface area contributed by atoms with Crippen molar-refractivity contribution in [2.24, 2.45) is 5.73 Å². The van der Waals surface area contributed by atoms with E-state index in [2.05, 4.69) is 20.0 Å². The van der Waals surface area contributed by atoms with Crippen LogP contribution in [0, 0.1) is 6.92 Å².